The number of ether oxygens (including phenoxy) is 1. The van der Waals surface area contributed by atoms with Gasteiger partial charge < -0.3 is 15.8 Å². The molecule has 4 nitrogen and oxygen atoms in total. The minimum Gasteiger partial charge on any atom is -0.462 e. The van der Waals surface area contributed by atoms with Crippen molar-refractivity contribution in [2.45, 2.75) is 32.7 Å². The molecular formula is C19H24N2O2. The summed E-state index contributed by atoms with van der Waals surface area (Å²) in [6.45, 7) is 4.24. The lowest BCUT2D eigenvalue weighted by molar-refractivity contribution is 0.0527. The van der Waals surface area contributed by atoms with Crippen molar-refractivity contribution in [3.05, 3.63) is 59.7 Å². The van der Waals surface area contributed by atoms with E-state index in [0.29, 0.717) is 17.9 Å². The summed E-state index contributed by atoms with van der Waals surface area (Å²) in [5.74, 6) is -0.349. The fourth-order valence-corrected chi connectivity index (χ4v) is 2.43. The fraction of sp³-hybridized carbons (Fsp3) is 0.316. The molecule has 0 aliphatic rings. The zero-order chi connectivity index (χ0) is 16.7. The summed E-state index contributed by atoms with van der Waals surface area (Å²) in [5.41, 5.74) is 8.90. The first-order valence-corrected chi connectivity index (χ1v) is 7.97. The maximum Gasteiger partial charge on any atom is 0.340 e. The molecule has 0 aliphatic heterocycles. The summed E-state index contributed by atoms with van der Waals surface area (Å²) in [4.78, 5) is 12.1. The van der Waals surface area contributed by atoms with Crippen LogP contribution in [0.5, 0.6) is 0 Å². The van der Waals surface area contributed by atoms with Crippen LogP contribution >= 0.6 is 0 Å². The minimum absolute atomic E-state index is 0.229. The van der Waals surface area contributed by atoms with Gasteiger partial charge in [-0.05, 0) is 50.5 Å². The lowest BCUT2D eigenvalue weighted by Gasteiger charge is -2.18. The van der Waals surface area contributed by atoms with E-state index in [1.807, 2.05) is 24.3 Å². The molecule has 0 heterocycles. The van der Waals surface area contributed by atoms with E-state index in [0.717, 1.165) is 18.5 Å². The lowest BCUT2D eigenvalue weighted by Crippen LogP contribution is -2.19. The normalized spacial score (nSPS) is 11.7. The van der Waals surface area contributed by atoms with E-state index < -0.39 is 0 Å². The zero-order valence-electron chi connectivity index (χ0n) is 13.7. The van der Waals surface area contributed by atoms with Gasteiger partial charge in [0.05, 0.1) is 12.2 Å². The third kappa shape index (κ3) is 5.02. The second kappa shape index (κ2) is 8.22. The van der Waals surface area contributed by atoms with Gasteiger partial charge in [0.25, 0.3) is 0 Å². The Morgan fingerprint density at radius 3 is 2.65 bits per heavy atom. The average molecular weight is 312 g/mol. The molecule has 3 N–H and O–H groups in total. The Bertz CT molecular complexity index is 641. The maximum absolute atomic E-state index is 12.1. The van der Waals surface area contributed by atoms with Crippen LogP contribution in [-0.2, 0) is 11.2 Å². The molecule has 0 aromatic heterocycles. The Morgan fingerprint density at radius 1 is 1.22 bits per heavy atom. The molecule has 0 unspecified atom stereocenters. The van der Waals surface area contributed by atoms with E-state index in [1.165, 1.54) is 5.56 Å². The molecule has 0 radical (unpaired) electrons. The van der Waals surface area contributed by atoms with E-state index in [4.69, 9.17) is 10.5 Å². The molecule has 4 heteroatoms. The van der Waals surface area contributed by atoms with E-state index in [2.05, 4.69) is 24.4 Å². The third-order valence-corrected chi connectivity index (χ3v) is 3.65. The van der Waals surface area contributed by atoms with E-state index in [-0.39, 0.29) is 12.0 Å². The first-order chi connectivity index (χ1) is 11.1. The number of hydrogen-bond donors (Lipinski definition) is 2. The van der Waals surface area contributed by atoms with Crippen LogP contribution in [0.15, 0.2) is 48.5 Å². The van der Waals surface area contributed by atoms with Crippen LogP contribution in [0.3, 0.4) is 0 Å². The van der Waals surface area contributed by atoms with E-state index >= 15 is 0 Å². The Kier molecular flexibility index (Phi) is 6.03. The third-order valence-electron chi connectivity index (χ3n) is 3.65. The van der Waals surface area contributed by atoms with Crippen LogP contribution < -0.4 is 11.1 Å². The highest BCUT2D eigenvalue weighted by atomic mass is 16.5. The van der Waals surface area contributed by atoms with Crippen molar-refractivity contribution in [1.82, 2.24) is 0 Å². The number of hydrogen-bond acceptors (Lipinski definition) is 4. The van der Waals surface area contributed by atoms with Gasteiger partial charge in [-0.2, -0.15) is 0 Å². The molecule has 122 valence electrons. The van der Waals surface area contributed by atoms with Crippen molar-refractivity contribution in [2.75, 3.05) is 17.7 Å². The highest BCUT2D eigenvalue weighted by Crippen LogP contribution is 2.22. The Labute approximate surface area is 137 Å². The van der Waals surface area contributed by atoms with Gasteiger partial charge in [-0.25, -0.2) is 4.79 Å². The second-order valence-electron chi connectivity index (χ2n) is 5.60. The molecule has 0 aliphatic carbocycles. The van der Waals surface area contributed by atoms with E-state index in [9.17, 15) is 4.79 Å². The van der Waals surface area contributed by atoms with Gasteiger partial charge in [0.1, 0.15) is 0 Å². The number of nitrogens with one attached hydrogen (secondary N) is 1. The molecule has 2 aromatic rings. The van der Waals surface area contributed by atoms with Gasteiger partial charge >= 0.3 is 5.97 Å². The average Bonchev–Trinajstić information content (AvgIpc) is 2.56. The monoisotopic (exact) mass is 312 g/mol. The number of carbonyl (C=O) groups excluding carboxylic acids is 1. The number of benzene rings is 2. The summed E-state index contributed by atoms with van der Waals surface area (Å²) in [5, 5.41) is 3.39. The zero-order valence-corrected chi connectivity index (χ0v) is 13.7. The second-order valence-corrected chi connectivity index (χ2v) is 5.60. The fourth-order valence-electron chi connectivity index (χ4n) is 2.43. The summed E-state index contributed by atoms with van der Waals surface area (Å²) in [6.07, 6.45) is 1.95. The first-order valence-electron chi connectivity index (χ1n) is 7.97. The quantitative estimate of drug-likeness (QED) is 0.601. The van der Waals surface area contributed by atoms with E-state index in [1.54, 1.807) is 19.1 Å². The molecule has 0 amide bonds. The molecule has 0 saturated heterocycles. The van der Waals surface area contributed by atoms with Gasteiger partial charge in [-0.3, -0.25) is 0 Å². The largest absolute Gasteiger partial charge is 0.462 e. The van der Waals surface area contributed by atoms with Crippen molar-refractivity contribution in [3.63, 3.8) is 0 Å². The molecule has 2 aromatic carbocycles. The van der Waals surface area contributed by atoms with Crippen molar-refractivity contribution in [1.29, 1.82) is 0 Å². The maximum atomic E-state index is 12.1. The SMILES string of the molecule is CCOC(=O)c1cc(N)ccc1N[C@H](C)CCc1ccccc1. The number of carbonyl (C=O) groups is 1. The first kappa shape index (κ1) is 16.9. The van der Waals surface area contributed by atoms with Crippen molar-refractivity contribution in [2.24, 2.45) is 0 Å². The predicted molar refractivity (Wildman–Crippen MR) is 94.7 cm³/mol. The van der Waals surface area contributed by atoms with Crippen LogP contribution in [0.1, 0.15) is 36.2 Å². The Morgan fingerprint density at radius 2 is 1.96 bits per heavy atom. The highest BCUT2D eigenvalue weighted by molar-refractivity contribution is 5.96. The van der Waals surface area contributed by atoms with Crippen LogP contribution in [0.25, 0.3) is 0 Å². The van der Waals surface area contributed by atoms with Crippen LogP contribution in [0, 0.1) is 0 Å². The topological polar surface area (TPSA) is 64.3 Å². The molecule has 1 atom stereocenters. The number of rotatable bonds is 7. The van der Waals surface area contributed by atoms with Gasteiger partial charge in [-0.1, -0.05) is 30.3 Å². The predicted octanol–water partition coefficient (Wildman–Crippen LogP) is 3.88. The number of anilines is 2. The van der Waals surface area contributed by atoms with Crippen LogP contribution in [0.2, 0.25) is 0 Å². The molecular weight excluding hydrogens is 288 g/mol. The van der Waals surface area contributed by atoms with Crippen LogP contribution in [0.4, 0.5) is 11.4 Å². The van der Waals surface area contributed by atoms with Crippen LogP contribution in [-0.4, -0.2) is 18.6 Å². The van der Waals surface area contributed by atoms with Gasteiger partial charge in [0, 0.05) is 17.4 Å². The smallest absolute Gasteiger partial charge is 0.340 e. The minimum atomic E-state index is -0.349. The van der Waals surface area contributed by atoms with Gasteiger partial charge in [0.15, 0.2) is 0 Å². The summed E-state index contributed by atoms with van der Waals surface area (Å²) >= 11 is 0. The highest BCUT2D eigenvalue weighted by Gasteiger charge is 2.14. The number of nitrogen functional groups attached to an aromatic ring is 1. The van der Waals surface area contributed by atoms with Crippen molar-refractivity contribution in [3.8, 4) is 0 Å². The lowest BCUT2D eigenvalue weighted by atomic mass is 10.1. The van der Waals surface area contributed by atoms with Crippen molar-refractivity contribution >= 4 is 17.3 Å². The molecule has 0 bridgehead atoms. The van der Waals surface area contributed by atoms with Crippen molar-refractivity contribution < 1.29 is 9.53 Å². The Hall–Kier alpha value is -2.49. The van der Waals surface area contributed by atoms with Gasteiger partial charge in [-0.15, -0.1) is 0 Å². The number of esters is 1. The molecule has 0 fully saturated rings. The Balaban J connectivity index is 2.02. The molecule has 2 rings (SSSR count). The summed E-state index contributed by atoms with van der Waals surface area (Å²) < 4.78 is 5.10. The van der Waals surface area contributed by atoms with Gasteiger partial charge in [0.2, 0.25) is 0 Å². The standard InChI is InChI=1S/C19H24N2O2/c1-3-23-19(22)17-13-16(20)11-12-18(17)21-14(2)9-10-15-7-5-4-6-8-15/h4-8,11-14,21H,3,9-10,20H2,1-2H3/t14-/m1/s1. The number of nitrogens with two attached hydrogens (primary N) is 1. The summed E-state index contributed by atoms with van der Waals surface area (Å²) in [6, 6.07) is 15.9. The number of aryl methyl sites for hydroxylation is 1. The summed E-state index contributed by atoms with van der Waals surface area (Å²) in [7, 11) is 0. The molecule has 0 saturated carbocycles. The molecule has 23 heavy (non-hydrogen) atoms. The molecule has 0 spiro atoms.